The predicted molar refractivity (Wildman–Crippen MR) is 115 cm³/mol. The lowest BCUT2D eigenvalue weighted by Crippen LogP contribution is -2.12. The molecule has 150 valence electrons. The molecule has 0 fully saturated rings. The summed E-state index contributed by atoms with van der Waals surface area (Å²) in [5, 5.41) is 11.1. The molecule has 3 aromatic heterocycles. The lowest BCUT2D eigenvalue weighted by molar-refractivity contribution is 0.290. The Bertz CT molecular complexity index is 1180. The number of fused-ring (bicyclic) bond motifs is 1. The zero-order chi connectivity index (χ0) is 20.4. The second-order valence-electron chi connectivity index (χ2n) is 6.90. The monoisotopic (exact) mass is 427 g/mol. The highest BCUT2D eigenvalue weighted by atomic mass is 32.2. The summed E-state index contributed by atoms with van der Waals surface area (Å²) in [6.45, 7) is 4.67. The molecule has 0 saturated carbocycles. The fraction of sp³-hybridized carbons (Fsp3) is 0.300. The molecule has 0 aliphatic heterocycles. The first-order valence-electron chi connectivity index (χ1n) is 9.21. The van der Waals surface area contributed by atoms with Crippen LogP contribution in [-0.4, -0.2) is 24.1 Å². The maximum atomic E-state index is 12.1. The third-order valence-electron chi connectivity index (χ3n) is 4.55. The number of thiazole rings is 1. The minimum absolute atomic E-state index is 0.0672. The van der Waals surface area contributed by atoms with E-state index in [0.29, 0.717) is 23.2 Å². The summed E-state index contributed by atoms with van der Waals surface area (Å²) in [5.74, 6) is 2.59. The Labute approximate surface area is 176 Å². The summed E-state index contributed by atoms with van der Waals surface area (Å²) in [5.41, 5.74) is 1.94. The molecule has 0 atom stereocenters. The van der Waals surface area contributed by atoms with Gasteiger partial charge in [0.25, 0.3) is 5.56 Å². The van der Waals surface area contributed by atoms with Crippen molar-refractivity contribution in [2.75, 3.05) is 0 Å². The number of thioether (sulfide) groups is 1. The number of benzene rings is 1. The highest BCUT2D eigenvalue weighted by Crippen LogP contribution is 2.22. The molecule has 3 heterocycles. The van der Waals surface area contributed by atoms with E-state index >= 15 is 0 Å². The molecule has 1 aromatic carbocycles. The summed E-state index contributed by atoms with van der Waals surface area (Å²) in [4.78, 5) is 17.3. The molecule has 0 bridgehead atoms. The SMILES string of the molecule is CC(C)c1ccc(OCc2nnc(SCc3cc(=O)n4ccsc4n3)n2C)cc1. The molecule has 0 N–H and O–H groups in total. The van der Waals surface area contributed by atoms with Crippen LogP contribution in [0.1, 0.15) is 36.8 Å². The van der Waals surface area contributed by atoms with Crippen molar-refractivity contribution >= 4 is 28.1 Å². The van der Waals surface area contributed by atoms with Gasteiger partial charge in [0.05, 0.1) is 5.69 Å². The normalized spacial score (nSPS) is 11.4. The fourth-order valence-electron chi connectivity index (χ4n) is 2.79. The minimum atomic E-state index is -0.0672. The molecule has 0 unspecified atom stereocenters. The van der Waals surface area contributed by atoms with Crippen molar-refractivity contribution in [2.24, 2.45) is 7.05 Å². The van der Waals surface area contributed by atoms with E-state index in [0.717, 1.165) is 22.4 Å². The molecule has 0 saturated heterocycles. The van der Waals surface area contributed by atoms with Crippen LogP contribution in [0.4, 0.5) is 0 Å². The first-order valence-corrected chi connectivity index (χ1v) is 11.1. The van der Waals surface area contributed by atoms with Crippen molar-refractivity contribution < 1.29 is 4.74 Å². The van der Waals surface area contributed by atoms with Gasteiger partial charge in [-0.05, 0) is 23.6 Å². The van der Waals surface area contributed by atoms with Crippen LogP contribution in [0.25, 0.3) is 4.96 Å². The van der Waals surface area contributed by atoms with Crippen molar-refractivity contribution in [1.29, 1.82) is 0 Å². The van der Waals surface area contributed by atoms with E-state index < -0.39 is 0 Å². The lowest BCUT2D eigenvalue weighted by atomic mass is 10.0. The smallest absolute Gasteiger partial charge is 0.258 e. The van der Waals surface area contributed by atoms with Crippen molar-refractivity contribution in [3.05, 3.63) is 69.3 Å². The van der Waals surface area contributed by atoms with Crippen LogP contribution in [0, 0.1) is 0 Å². The molecular weight excluding hydrogens is 406 g/mol. The number of aromatic nitrogens is 5. The zero-order valence-electron chi connectivity index (χ0n) is 16.4. The predicted octanol–water partition coefficient (Wildman–Crippen LogP) is 3.88. The van der Waals surface area contributed by atoms with Gasteiger partial charge in [-0.1, -0.05) is 37.7 Å². The number of nitrogens with zero attached hydrogens (tertiary/aromatic N) is 5. The molecular formula is C20H21N5O2S2. The largest absolute Gasteiger partial charge is 0.486 e. The third-order valence-corrected chi connectivity index (χ3v) is 6.36. The quantitative estimate of drug-likeness (QED) is 0.417. The van der Waals surface area contributed by atoms with Crippen LogP contribution < -0.4 is 10.3 Å². The number of rotatable bonds is 7. The molecule has 29 heavy (non-hydrogen) atoms. The first-order chi connectivity index (χ1) is 14.0. The van der Waals surface area contributed by atoms with Crippen LogP contribution >= 0.6 is 23.1 Å². The van der Waals surface area contributed by atoms with Crippen molar-refractivity contribution in [3.8, 4) is 5.75 Å². The van der Waals surface area contributed by atoms with Crippen LogP contribution in [-0.2, 0) is 19.4 Å². The molecule has 0 aliphatic rings. The molecule has 0 spiro atoms. The molecule has 0 aliphatic carbocycles. The Morgan fingerprint density at radius 2 is 2.00 bits per heavy atom. The third kappa shape index (κ3) is 4.35. The topological polar surface area (TPSA) is 74.3 Å². The Morgan fingerprint density at radius 1 is 1.21 bits per heavy atom. The van der Waals surface area contributed by atoms with Crippen LogP contribution in [0.15, 0.2) is 51.9 Å². The van der Waals surface area contributed by atoms with Gasteiger partial charge in [0.2, 0.25) is 0 Å². The average Bonchev–Trinajstić information content (AvgIpc) is 3.32. The Hall–Kier alpha value is -2.65. The van der Waals surface area contributed by atoms with Gasteiger partial charge in [-0.3, -0.25) is 9.20 Å². The van der Waals surface area contributed by atoms with E-state index in [1.165, 1.54) is 28.7 Å². The Kier molecular flexibility index (Phi) is 5.68. The van der Waals surface area contributed by atoms with Crippen LogP contribution in [0.3, 0.4) is 0 Å². The Morgan fingerprint density at radius 3 is 2.76 bits per heavy atom. The van der Waals surface area contributed by atoms with Crippen molar-refractivity contribution in [3.63, 3.8) is 0 Å². The van der Waals surface area contributed by atoms with E-state index in [-0.39, 0.29) is 5.56 Å². The second kappa shape index (κ2) is 8.38. The number of hydrogen-bond donors (Lipinski definition) is 0. The first kappa shape index (κ1) is 19.7. The number of hydrogen-bond acceptors (Lipinski definition) is 7. The maximum absolute atomic E-state index is 12.1. The van der Waals surface area contributed by atoms with Gasteiger partial charge >= 0.3 is 0 Å². The standard InChI is InChI=1S/C20H21N5O2S2/c1-13(2)14-4-6-16(7-5-14)27-11-17-22-23-20(24(17)3)29-12-15-10-18(26)25-8-9-28-19(25)21-15/h4-10,13H,11-12H2,1-3H3. The molecule has 0 radical (unpaired) electrons. The van der Waals surface area contributed by atoms with Crippen LogP contribution in [0.2, 0.25) is 0 Å². The maximum Gasteiger partial charge on any atom is 0.258 e. The molecule has 4 rings (SSSR count). The zero-order valence-corrected chi connectivity index (χ0v) is 18.0. The van der Waals surface area contributed by atoms with Crippen molar-refractivity contribution in [1.82, 2.24) is 24.1 Å². The van der Waals surface area contributed by atoms with Gasteiger partial charge < -0.3 is 9.30 Å². The van der Waals surface area contributed by atoms with Gasteiger partial charge in [-0.2, -0.15) is 0 Å². The summed E-state index contributed by atoms with van der Waals surface area (Å²) < 4.78 is 9.30. The van der Waals surface area contributed by atoms with Gasteiger partial charge in [-0.25, -0.2) is 4.98 Å². The lowest BCUT2D eigenvalue weighted by Gasteiger charge is -2.09. The molecule has 9 heteroatoms. The molecule has 4 aromatic rings. The molecule has 7 nitrogen and oxygen atoms in total. The Balaban J connectivity index is 1.39. The van der Waals surface area contributed by atoms with E-state index in [4.69, 9.17) is 4.74 Å². The average molecular weight is 428 g/mol. The number of ether oxygens (including phenoxy) is 1. The van der Waals surface area contributed by atoms with Crippen LogP contribution in [0.5, 0.6) is 5.75 Å². The van der Waals surface area contributed by atoms with Gasteiger partial charge in [-0.15, -0.1) is 21.5 Å². The summed E-state index contributed by atoms with van der Waals surface area (Å²) in [6, 6.07) is 9.68. The molecule has 0 amide bonds. The van der Waals surface area contributed by atoms with Crippen molar-refractivity contribution in [2.45, 2.75) is 37.3 Å². The van der Waals surface area contributed by atoms with E-state index in [1.807, 2.05) is 29.1 Å². The summed E-state index contributed by atoms with van der Waals surface area (Å²) in [7, 11) is 1.91. The highest BCUT2D eigenvalue weighted by molar-refractivity contribution is 7.98. The minimum Gasteiger partial charge on any atom is -0.486 e. The summed E-state index contributed by atoms with van der Waals surface area (Å²) >= 11 is 2.94. The van der Waals surface area contributed by atoms with Gasteiger partial charge in [0, 0.05) is 30.4 Å². The second-order valence-corrected chi connectivity index (χ2v) is 8.72. The van der Waals surface area contributed by atoms with E-state index in [1.54, 1.807) is 16.7 Å². The van der Waals surface area contributed by atoms with E-state index in [9.17, 15) is 4.79 Å². The van der Waals surface area contributed by atoms with E-state index in [2.05, 4.69) is 41.2 Å². The highest BCUT2D eigenvalue weighted by Gasteiger charge is 2.12. The van der Waals surface area contributed by atoms with Gasteiger partial charge in [0.15, 0.2) is 15.9 Å². The fourth-order valence-corrected chi connectivity index (χ4v) is 4.35. The summed E-state index contributed by atoms with van der Waals surface area (Å²) in [6.07, 6.45) is 1.73. The van der Waals surface area contributed by atoms with Gasteiger partial charge in [0.1, 0.15) is 12.4 Å².